The zero-order valence-corrected chi connectivity index (χ0v) is 43.8. The van der Waals surface area contributed by atoms with Gasteiger partial charge in [0.1, 0.15) is 48.0 Å². The maximum absolute atomic E-state index is 14.4. The number of aromatic hydroxyl groups is 1. The molecule has 16 N–H and O–H groups in total. The van der Waals surface area contributed by atoms with E-state index in [0.29, 0.717) is 17.5 Å². The zero-order chi connectivity index (χ0) is 56.8. The number of carbonyl (C=O) groups excluding carboxylic acids is 7. The third kappa shape index (κ3) is 20.0. The average Bonchev–Trinajstić information content (AvgIpc) is 3.80. The van der Waals surface area contributed by atoms with Gasteiger partial charge in [0.05, 0.1) is 12.6 Å². The Bertz CT molecular complexity index is 2630. The molecule has 0 saturated heterocycles. The molecule has 0 aliphatic rings. The number of H-pyrrole nitrogens is 1. The fourth-order valence-electron chi connectivity index (χ4n) is 8.37. The van der Waals surface area contributed by atoms with Crippen LogP contribution in [0.2, 0.25) is 0 Å². The lowest BCUT2D eigenvalue weighted by Crippen LogP contribution is -2.61. The number of aliphatic hydroxyl groups excluding tert-OH is 1. The molecule has 8 atom stereocenters. The monoisotopic (exact) mass is 1070 g/mol. The maximum atomic E-state index is 14.4. The second-order valence-electron chi connectivity index (χ2n) is 19.7. The number of hydrogen-bond acceptors (Lipinski definition) is 13. The highest BCUT2D eigenvalue weighted by Gasteiger charge is 2.35. The van der Waals surface area contributed by atoms with Crippen LogP contribution >= 0.6 is 0 Å². The van der Waals surface area contributed by atoms with Crippen LogP contribution in [0.4, 0.5) is 0 Å². The molecule has 0 aliphatic heterocycles. The van der Waals surface area contributed by atoms with Crippen LogP contribution in [0.3, 0.4) is 0 Å². The summed E-state index contributed by atoms with van der Waals surface area (Å²) >= 11 is 0. The molecule has 0 saturated carbocycles. The molecular weight excluding hydrogens is 997 g/mol. The zero-order valence-electron chi connectivity index (χ0n) is 43.8. The maximum Gasteiger partial charge on any atom is 0.326 e. The Labute approximate surface area is 446 Å². The molecule has 4 aromatic rings. The minimum Gasteiger partial charge on any atom is -0.508 e. The van der Waals surface area contributed by atoms with Crippen molar-refractivity contribution in [2.45, 2.75) is 134 Å². The highest BCUT2D eigenvalue weighted by molar-refractivity contribution is 5.98. The fourth-order valence-corrected chi connectivity index (χ4v) is 8.37. The van der Waals surface area contributed by atoms with Crippen LogP contribution < -0.4 is 48.7 Å². The van der Waals surface area contributed by atoms with Gasteiger partial charge in [0.15, 0.2) is 0 Å². The first kappa shape index (κ1) is 61.7. The van der Waals surface area contributed by atoms with Gasteiger partial charge in [-0.3, -0.25) is 38.4 Å². The first-order valence-electron chi connectivity index (χ1n) is 25.6. The summed E-state index contributed by atoms with van der Waals surface area (Å²) in [5.41, 5.74) is 14.8. The number of aliphatic hydroxyl groups is 1. The standard InChI is InChI=1S/C54H74N10O13/c1-30(2)24-41(60-47(69)37(56)27-34-28-57-38-15-9-8-14-36(34)38)50(72)63-44(29-65)53(75)59-40(21-22-45(67)68)49(71)58-39(16-10-11-23-55)48(70)61-42(25-32-12-6-5-7-13-32)51(73)62-43(26-33-17-19-35(66)20-18-33)52(74)64-46(31(3)4)54(76)77/h5-9,12-15,17-20,28,30-31,37,39-44,46,57,65-66H,10-11,16,21-27,29,55-56H2,1-4H3,(H,58,71)(H,59,75)(H,60,69)(H,61,70)(H,62,73)(H,63,72)(H,64,74)(H,67,68)(H,76,77)/t37-,39-,40-,41-,42-,43-,44-,46-/m0/s1. The van der Waals surface area contributed by atoms with Gasteiger partial charge in [0.2, 0.25) is 41.4 Å². The molecule has 418 valence electrons. The van der Waals surface area contributed by atoms with Crippen molar-refractivity contribution < 1.29 is 63.6 Å². The minimum absolute atomic E-state index is 0.0601. The molecule has 0 unspecified atom stereocenters. The van der Waals surface area contributed by atoms with E-state index in [2.05, 4.69) is 42.2 Å². The minimum atomic E-state index is -1.71. The predicted molar refractivity (Wildman–Crippen MR) is 284 cm³/mol. The summed E-state index contributed by atoms with van der Waals surface area (Å²) < 4.78 is 0. The summed E-state index contributed by atoms with van der Waals surface area (Å²) in [4.78, 5) is 125. The van der Waals surface area contributed by atoms with Gasteiger partial charge in [-0.1, -0.05) is 88.4 Å². The van der Waals surface area contributed by atoms with Gasteiger partial charge in [-0.05, 0) is 91.8 Å². The summed E-state index contributed by atoms with van der Waals surface area (Å²) in [6, 6.07) is 10.5. The first-order chi connectivity index (χ1) is 36.6. The molecule has 0 aliphatic carbocycles. The van der Waals surface area contributed by atoms with Crippen LogP contribution in [0, 0.1) is 11.8 Å². The van der Waals surface area contributed by atoms with Gasteiger partial charge < -0.3 is 74.1 Å². The topological polar surface area (TPSA) is 387 Å². The first-order valence-corrected chi connectivity index (χ1v) is 25.6. The number of aliphatic carboxylic acids is 2. The summed E-state index contributed by atoms with van der Waals surface area (Å²) in [5.74, 6) is -9.65. The number of carboxylic acids is 2. The number of aromatic amines is 1. The van der Waals surface area contributed by atoms with E-state index in [9.17, 15) is 63.6 Å². The number of rotatable bonds is 32. The molecule has 0 bridgehead atoms. The number of hydrogen-bond donors (Lipinski definition) is 14. The van der Waals surface area contributed by atoms with Crippen LogP contribution in [-0.2, 0) is 62.4 Å². The van der Waals surface area contributed by atoms with Crippen LogP contribution in [0.15, 0.2) is 85.1 Å². The van der Waals surface area contributed by atoms with E-state index in [4.69, 9.17) is 11.5 Å². The molecule has 1 aromatic heterocycles. The van der Waals surface area contributed by atoms with Crippen LogP contribution in [-0.4, -0.2) is 140 Å². The van der Waals surface area contributed by atoms with Gasteiger partial charge in [0, 0.05) is 36.4 Å². The van der Waals surface area contributed by atoms with E-state index in [0.717, 1.165) is 16.5 Å². The van der Waals surface area contributed by atoms with Crippen LogP contribution in [0.25, 0.3) is 10.9 Å². The van der Waals surface area contributed by atoms with Gasteiger partial charge in [0.25, 0.3) is 0 Å². The highest BCUT2D eigenvalue weighted by Crippen LogP contribution is 2.20. The number of aromatic nitrogens is 1. The Balaban J connectivity index is 1.55. The summed E-state index contributed by atoms with van der Waals surface area (Å²) in [6.07, 6.45) is 1.11. The number of para-hydroxylation sites is 1. The van der Waals surface area contributed by atoms with Crippen molar-refractivity contribution in [2.24, 2.45) is 23.3 Å². The van der Waals surface area contributed by atoms with Gasteiger partial charge in [-0.25, -0.2) is 4.79 Å². The molecule has 23 heteroatoms. The summed E-state index contributed by atoms with van der Waals surface area (Å²) in [6.45, 7) is 6.00. The summed E-state index contributed by atoms with van der Waals surface area (Å²) in [7, 11) is 0. The number of carboxylic acid groups (broad SMARTS) is 2. The third-order valence-electron chi connectivity index (χ3n) is 12.6. The predicted octanol–water partition coefficient (Wildman–Crippen LogP) is 0.395. The molecule has 1 heterocycles. The number of phenols is 1. The number of unbranched alkanes of at least 4 members (excludes halogenated alkanes) is 1. The van der Waals surface area contributed by atoms with E-state index in [1.54, 1.807) is 64.2 Å². The Kier molecular flexibility index (Phi) is 24.5. The van der Waals surface area contributed by atoms with E-state index in [-0.39, 0.29) is 56.7 Å². The smallest absolute Gasteiger partial charge is 0.326 e. The highest BCUT2D eigenvalue weighted by atomic mass is 16.4. The lowest BCUT2D eigenvalue weighted by Gasteiger charge is -2.28. The Morgan fingerprint density at radius 1 is 0.558 bits per heavy atom. The number of nitrogens with two attached hydrogens (primary N) is 2. The van der Waals surface area contributed by atoms with E-state index in [1.165, 1.54) is 24.3 Å². The van der Waals surface area contributed by atoms with Crippen LogP contribution in [0.5, 0.6) is 5.75 Å². The molecule has 23 nitrogen and oxygen atoms in total. The van der Waals surface area contributed by atoms with Gasteiger partial charge >= 0.3 is 11.9 Å². The van der Waals surface area contributed by atoms with Crippen LogP contribution in [0.1, 0.15) is 82.9 Å². The van der Waals surface area contributed by atoms with E-state index in [1.807, 2.05) is 24.3 Å². The number of nitrogens with one attached hydrogen (secondary N) is 8. The molecule has 4 rings (SSSR count). The Morgan fingerprint density at radius 2 is 1.05 bits per heavy atom. The molecule has 0 fully saturated rings. The quantitative estimate of drug-likeness (QED) is 0.0294. The van der Waals surface area contributed by atoms with Crippen molar-refractivity contribution in [3.63, 3.8) is 0 Å². The second-order valence-corrected chi connectivity index (χ2v) is 19.7. The molecule has 3 aromatic carbocycles. The van der Waals surface area contributed by atoms with Gasteiger partial charge in [-0.2, -0.15) is 0 Å². The van der Waals surface area contributed by atoms with Crippen molar-refractivity contribution in [2.75, 3.05) is 13.2 Å². The number of fused-ring (bicyclic) bond motifs is 1. The van der Waals surface area contributed by atoms with Crippen molar-refractivity contribution >= 4 is 64.2 Å². The lowest BCUT2D eigenvalue weighted by molar-refractivity contribution is -0.143. The fraction of sp³-hybridized carbons (Fsp3) is 0.463. The molecule has 0 radical (unpaired) electrons. The normalized spacial score (nSPS) is 14.4. The SMILES string of the molecule is CC(C)C[C@H](NC(=O)[C@@H](N)Cc1c[nH]c2ccccc12)C(=O)N[C@@H](CO)C(=O)N[C@@H](CCC(=O)O)C(=O)N[C@@H](CCCCN)C(=O)N[C@@H](Cc1ccccc1)C(=O)N[C@@H](Cc1ccc(O)cc1)C(=O)N[C@H](C(=O)O)C(C)C. The van der Waals surface area contributed by atoms with Crippen molar-refractivity contribution in [3.05, 3.63) is 102 Å². The Morgan fingerprint density at radius 3 is 1.61 bits per heavy atom. The molecule has 77 heavy (non-hydrogen) atoms. The summed E-state index contributed by atoms with van der Waals surface area (Å²) in [5, 5.41) is 58.4. The van der Waals surface area contributed by atoms with Crippen molar-refractivity contribution in [3.8, 4) is 5.75 Å². The van der Waals surface area contributed by atoms with E-state index < -0.39 is 127 Å². The van der Waals surface area contributed by atoms with Gasteiger partial charge in [-0.15, -0.1) is 0 Å². The third-order valence-corrected chi connectivity index (χ3v) is 12.6. The largest absolute Gasteiger partial charge is 0.508 e. The number of phenolic OH excluding ortho intramolecular Hbond substituents is 1. The number of benzene rings is 3. The molecule has 0 spiro atoms. The number of carbonyl (C=O) groups is 9. The average molecular weight is 1070 g/mol. The van der Waals surface area contributed by atoms with Crippen molar-refractivity contribution in [1.29, 1.82) is 0 Å². The Hall–Kier alpha value is -7.89. The second kappa shape index (κ2) is 30.6. The van der Waals surface area contributed by atoms with Crippen molar-refractivity contribution in [1.82, 2.24) is 42.2 Å². The molecule has 7 amide bonds. The lowest BCUT2D eigenvalue weighted by atomic mass is 10.00. The number of amides is 7. The molecular formula is C54H74N10O13. The van der Waals surface area contributed by atoms with E-state index >= 15 is 0 Å².